The fraction of sp³-hybridized carbons (Fsp3) is 0.471. The third kappa shape index (κ3) is 6.70. The molecule has 0 aliphatic rings. The Morgan fingerprint density at radius 1 is 1.28 bits per heavy atom. The molecule has 0 fully saturated rings. The maximum atomic E-state index is 13.5. The molecule has 1 aromatic rings. The lowest BCUT2D eigenvalue weighted by Crippen LogP contribution is -2.36. The molecular weight excluding hydrogens is 351 g/mol. The molecule has 0 aromatic heterocycles. The Labute approximate surface area is 150 Å². The van der Waals surface area contributed by atoms with Crippen LogP contribution in [-0.2, 0) is 14.4 Å². The van der Waals surface area contributed by atoms with E-state index in [2.05, 4.69) is 10.6 Å². The van der Waals surface area contributed by atoms with Gasteiger partial charge >= 0.3 is 5.97 Å². The van der Waals surface area contributed by atoms with Crippen LogP contribution >= 0.6 is 11.6 Å². The number of carbonyl (C=O) groups is 3. The van der Waals surface area contributed by atoms with Gasteiger partial charge in [0.15, 0.2) is 6.04 Å². The zero-order chi connectivity index (χ0) is 19.2. The quantitative estimate of drug-likeness (QED) is 0.641. The minimum atomic E-state index is -1.37. The summed E-state index contributed by atoms with van der Waals surface area (Å²) in [7, 11) is 0. The molecule has 25 heavy (non-hydrogen) atoms. The minimum Gasteiger partial charge on any atom is -0.479 e. The lowest BCUT2D eigenvalue weighted by Gasteiger charge is -2.18. The number of carboxylic acid groups (broad SMARTS) is 1. The van der Waals surface area contributed by atoms with E-state index in [4.69, 9.17) is 11.6 Å². The van der Waals surface area contributed by atoms with Crippen molar-refractivity contribution < 1.29 is 23.9 Å². The Morgan fingerprint density at radius 2 is 1.92 bits per heavy atom. The lowest BCUT2D eigenvalue weighted by atomic mass is 9.96. The van der Waals surface area contributed by atoms with Gasteiger partial charge in [0.2, 0.25) is 11.8 Å². The molecule has 0 radical (unpaired) electrons. The first-order chi connectivity index (χ1) is 11.5. The fourth-order valence-electron chi connectivity index (χ4n) is 1.93. The number of hydrogen-bond acceptors (Lipinski definition) is 3. The van der Waals surface area contributed by atoms with Crippen LogP contribution in [-0.4, -0.2) is 29.4 Å². The monoisotopic (exact) mass is 372 g/mol. The van der Waals surface area contributed by atoms with E-state index in [0.717, 1.165) is 6.07 Å². The molecule has 1 unspecified atom stereocenters. The van der Waals surface area contributed by atoms with E-state index in [1.54, 1.807) is 20.8 Å². The molecule has 6 nitrogen and oxygen atoms in total. The van der Waals surface area contributed by atoms with Gasteiger partial charge in [-0.3, -0.25) is 9.59 Å². The SMILES string of the molecule is CC(C)(C)C(=O)NCCCC(=O)NC(C(=O)O)c1ccc(Cl)c(F)c1. The zero-order valence-electron chi connectivity index (χ0n) is 14.4. The molecule has 0 aliphatic heterocycles. The number of carboxylic acids is 1. The Morgan fingerprint density at radius 3 is 2.44 bits per heavy atom. The first-order valence-corrected chi connectivity index (χ1v) is 8.15. The summed E-state index contributed by atoms with van der Waals surface area (Å²) in [6.07, 6.45) is 0.388. The van der Waals surface area contributed by atoms with Gasteiger partial charge in [-0.2, -0.15) is 0 Å². The summed E-state index contributed by atoms with van der Waals surface area (Å²) < 4.78 is 13.5. The Kier molecular flexibility index (Phi) is 7.36. The summed E-state index contributed by atoms with van der Waals surface area (Å²) in [6, 6.07) is 2.18. The zero-order valence-corrected chi connectivity index (χ0v) is 15.1. The molecule has 1 aromatic carbocycles. The average Bonchev–Trinajstić information content (AvgIpc) is 2.50. The molecule has 138 valence electrons. The van der Waals surface area contributed by atoms with Gasteiger partial charge in [-0.1, -0.05) is 38.4 Å². The molecule has 0 bridgehead atoms. The summed E-state index contributed by atoms with van der Waals surface area (Å²) in [5.74, 6) is -2.71. The van der Waals surface area contributed by atoms with Crippen LogP contribution in [0, 0.1) is 11.2 Å². The smallest absolute Gasteiger partial charge is 0.330 e. The summed E-state index contributed by atoms with van der Waals surface area (Å²) in [6.45, 7) is 5.63. The highest BCUT2D eigenvalue weighted by Gasteiger charge is 2.23. The second-order valence-electron chi connectivity index (χ2n) is 6.62. The second-order valence-corrected chi connectivity index (χ2v) is 7.03. The van der Waals surface area contributed by atoms with Crippen LogP contribution in [0.25, 0.3) is 0 Å². The maximum absolute atomic E-state index is 13.5. The number of nitrogens with one attached hydrogen (secondary N) is 2. The summed E-state index contributed by atoms with van der Waals surface area (Å²) in [5.41, 5.74) is -0.432. The summed E-state index contributed by atoms with van der Waals surface area (Å²) in [4.78, 5) is 34.9. The molecule has 3 N–H and O–H groups in total. The molecule has 8 heteroatoms. The fourth-order valence-corrected chi connectivity index (χ4v) is 2.05. The van der Waals surface area contributed by atoms with E-state index in [0.29, 0.717) is 13.0 Å². The van der Waals surface area contributed by atoms with Crippen molar-refractivity contribution in [3.05, 3.63) is 34.6 Å². The molecule has 0 aliphatic carbocycles. The van der Waals surface area contributed by atoms with Gasteiger partial charge in [-0.05, 0) is 24.1 Å². The van der Waals surface area contributed by atoms with E-state index >= 15 is 0 Å². The van der Waals surface area contributed by atoms with E-state index in [9.17, 15) is 23.9 Å². The van der Waals surface area contributed by atoms with Crippen molar-refractivity contribution >= 4 is 29.4 Å². The number of aliphatic carboxylic acids is 1. The van der Waals surface area contributed by atoms with Crippen molar-refractivity contribution in [1.29, 1.82) is 0 Å². The summed E-state index contributed by atoms with van der Waals surface area (Å²) in [5, 5.41) is 14.1. The molecule has 0 spiro atoms. The topological polar surface area (TPSA) is 95.5 Å². The van der Waals surface area contributed by atoms with Crippen LogP contribution in [0.5, 0.6) is 0 Å². The average molecular weight is 373 g/mol. The molecule has 1 rings (SSSR count). The summed E-state index contributed by atoms with van der Waals surface area (Å²) >= 11 is 5.57. The van der Waals surface area contributed by atoms with Gasteiger partial charge in [-0.25, -0.2) is 9.18 Å². The first kappa shape index (κ1) is 20.9. The lowest BCUT2D eigenvalue weighted by molar-refractivity contribution is -0.142. The standard InChI is InChI=1S/C17H22ClFN2O4/c1-17(2,3)16(25)20-8-4-5-13(22)21-14(15(23)24)10-6-7-11(18)12(19)9-10/h6-7,9,14H,4-5,8H2,1-3H3,(H,20,25)(H,21,22)(H,23,24). The predicted molar refractivity (Wildman–Crippen MR) is 91.6 cm³/mol. The van der Waals surface area contributed by atoms with Crippen LogP contribution in [0.4, 0.5) is 4.39 Å². The number of rotatable bonds is 7. The van der Waals surface area contributed by atoms with Gasteiger partial charge < -0.3 is 15.7 Å². The van der Waals surface area contributed by atoms with Gasteiger partial charge in [0.1, 0.15) is 5.82 Å². The van der Waals surface area contributed by atoms with Gasteiger partial charge in [-0.15, -0.1) is 0 Å². The minimum absolute atomic E-state index is 0.0320. The Hall–Kier alpha value is -2.15. The van der Waals surface area contributed by atoms with Gasteiger partial charge in [0, 0.05) is 18.4 Å². The molecular formula is C17H22ClFN2O4. The normalized spacial score (nSPS) is 12.4. The van der Waals surface area contributed by atoms with Crippen molar-refractivity contribution in [2.24, 2.45) is 5.41 Å². The van der Waals surface area contributed by atoms with Crippen molar-refractivity contribution in [3.8, 4) is 0 Å². The number of halogens is 2. The van der Waals surface area contributed by atoms with Gasteiger partial charge in [0.25, 0.3) is 0 Å². The third-order valence-corrected chi connectivity index (χ3v) is 3.68. The highest BCUT2D eigenvalue weighted by atomic mass is 35.5. The van der Waals surface area contributed by atoms with Crippen LogP contribution in [0.15, 0.2) is 18.2 Å². The highest BCUT2D eigenvalue weighted by Crippen LogP contribution is 2.21. The van der Waals surface area contributed by atoms with Crippen LogP contribution in [0.3, 0.4) is 0 Å². The molecule has 2 amide bonds. The highest BCUT2D eigenvalue weighted by molar-refractivity contribution is 6.30. The predicted octanol–water partition coefficient (Wildman–Crippen LogP) is 2.66. The van der Waals surface area contributed by atoms with E-state index in [-0.39, 0.29) is 22.9 Å². The van der Waals surface area contributed by atoms with Crippen molar-refractivity contribution in [2.45, 2.75) is 39.7 Å². The van der Waals surface area contributed by atoms with Gasteiger partial charge in [0.05, 0.1) is 5.02 Å². The number of benzene rings is 1. The van der Waals surface area contributed by atoms with Crippen molar-refractivity contribution in [1.82, 2.24) is 10.6 Å². The van der Waals surface area contributed by atoms with Crippen molar-refractivity contribution in [2.75, 3.05) is 6.54 Å². The van der Waals surface area contributed by atoms with E-state index in [1.807, 2.05) is 0 Å². The Bertz CT molecular complexity index is 659. The van der Waals surface area contributed by atoms with Crippen LogP contribution in [0.1, 0.15) is 45.2 Å². The Balaban J connectivity index is 2.56. The van der Waals surface area contributed by atoms with E-state index < -0.39 is 29.2 Å². The third-order valence-electron chi connectivity index (χ3n) is 3.38. The number of carbonyl (C=O) groups excluding carboxylic acids is 2. The largest absolute Gasteiger partial charge is 0.479 e. The number of amides is 2. The molecule has 0 heterocycles. The van der Waals surface area contributed by atoms with Crippen LogP contribution < -0.4 is 10.6 Å². The molecule has 0 saturated heterocycles. The van der Waals surface area contributed by atoms with E-state index in [1.165, 1.54) is 12.1 Å². The second kappa shape index (κ2) is 8.80. The maximum Gasteiger partial charge on any atom is 0.330 e. The van der Waals surface area contributed by atoms with Crippen molar-refractivity contribution in [3.63, 3.8) is 0 Å². The number of hydrogen-bond donors (Lipinski definition) is 3. The molecule has 0 saturated carbocycles. The first-order valence-electron chi connectivity index (χ1n) is 7.78. The van der Waals surface area contributed by atoms with Crippen LogP contribution in [0.2, 0.25) is 5.02 Å². The molecule has 1 atom stereocenters.